The fourth-order valence-electron chi connectivity index (χ4n) is 3.49. The summed E-state index contributed by atoms with van der Waals surface area (Å²) >= 11 is 0. The summed E-state index contributed by atoms with van der Waals surface area (Å²) in [5.41, 5.74) is -0.531. The van der Waals surface area contributed by atoms with Crippen LogP contribution in [-0.4, -0.2) is 37.2 Å². The van der Waals surface area contributed by atoms with Crippen LogP contribution in [-0.2, 0) is 22.2 Å². The second kappa shape index (κ2) is 6.57. The normalized spacial score (nSPS) is 19.1. The molecule has 1 unspecified atom stereocenters. The van der Waals surface area contributed by atoms with Crippen LogP contribution in [0.2, 0.25) is 0 Å². The lowest BCUT2D eigenvalue weighted by molar-refractivity contribution is -0.0909. The van der Waals surface area contributed by atoms with Gasteiger partial charge in [0.2, 0.25) is 0 Å². The Hall–Kier alpha value is -2.87. The number of fused-ring (bicyclic) bond motifs is 1. The number of nitriles is 1. The summed E-state index contributed by atoms with van der Waals surface area (Å²) in [6.45, 7) is 1.23. The molecular formula is C19H19F3N6OS. The predicted molar refractivity (Wildman–Crippen MR) is 105 cm³/mol. The second-order valence-corrected chi connectivity index (χ2v) is 9.85. The zero-order valence-electron chi connectivity index (χ0n) is 16.3. The van der Waals surface area contributed by atoms with Crippen molar-refractivity contribution in [3.05, 3.63) is 29.1 Å². The van der Waals surface area contributed by atoms with Crippen LogP contribution >= 0.6 is 0 Å². The Kier molecular flexibility index (Phi) is 4.47. The Morgan fingerprint density at radius 1 is 1.43 bits per heavy atom. The average molecular weight is 436 g/mol. The number of imidazole rings is 1. The summed E-state index contributed by atoms with van der Waals surface area (Å²) in [4.78, 5) is 8.84. The fourth-order valence-corrected chi connectivity index (χ4v) is 4.57. The van der Waals surface area contributed by atoms with Gasteiger partial charge in [-0.25, -0.2) is 14.0 Å². The number of hydrogen-bond acceptors (Lipinski definition) is 6. The average Bonchev–Trinajstić information content (AvgIpc) is 3.45. The maximum atomic E-state index is 13.1. The number of pyridine rings is 1. The lowest BCUT2D eigenvalue weighted by Gasteiger charge is -2.18. The molecule has 0 aromatic carbocycles. The first-order valence-electron chi connectivity index (χ1n) is 9.29. The Balaban J connectivity index is 1.89. The highest BCUT2D eigenvalue weighted by molar-refractivity contribution is 7.92. The van der Waals surface area contributed by atoms with Gasteiger partial charge in [0.25, 0.3) is 0 Å². The topological polar surface area (TPSA) is 107 Å². The molecule has 0 spiro atoms. The summed E-state index contributed by atoms with van der Waals surface area (Å²) < 4.78 is 62.1. The molecule has 2 N–H and O–H groups in total. The van der Waals surface area contributed by atoms with E-state index in [1.807, 2.05) is 0 Å². The number of anilines is 1. The molecule has 1 aliphatic carbocycles. The van der Waals surface area contributed by atoms with E-state index in [0.29, 0.717) is 24.2 Å². The zero-order valence-corrected chi connectivity index (χ0v) is 17.1. The molecule has 158 valence electrons. The number of aromatic nitrogens is 3. The molecule has 0 radical (unpaired) electrons. The van der Waals surface area contributed by atoms with Crippen LogP contribution in [0.3, 0.4) is 0 Å². The van der Waals surface area contributed by atoms with E-state index < -0.39 is 26.9 Å². The molecule has 1 aliphatic heterocycles. The predicted octanol–water partition coefficient (Wildman–Crippen LogP) is 3.83. The van der Waals surface area contributed by atoms with Gasteiger partial charge in [0.05, 0.1) is 31.7 Å². The van der Waals surface area contributed by atoms with Crippen LogP contribution < -0.4 is 5.32 Å². The lowest BCUT2D eigenvalue weighted by atomic mass is 9.99. The van der Waals surface area contributed by atoms with E-state index in [9.17, 15) is 22.6 Å². The number of halogens is 3. The molecule has 1 atom stereocenters. The Bertz CT molecular complexity index is 1220. The SMILES string of the molecule is CCS(=N)(=O)c1cc(C2(C#N)CC2)cnc1-c1nc2c(n1C)NCC(C(F)(F)F)=C2. The van der Waals surface area contributed by atoms with Crippen LogP contribution in [0.25, 0.3) is 17.6 Å². The number of nitrogens with one attached hydrogen (secondary N) is 2. The maximum absolute atomic E-state index is 13.1. The monoisotopic (exact) mass is 436 g/mol. The molecule has 1 fully saturated rings. The van der Waals surface area contributed by atoms with Crippen molar-refractivity contribution < 1.29 is 17.4 Å². The number of alkyl halides is 3. The number of rotatable bonds is 4. The third-order valence-corrected chi connectivity index (χ3v) is 7.42. The van der Waals surface area contributed by atoms with Crippen molar-refractivity contribution in [2.24, 2.45) is 7.05 Å². The van der Waals surface area contributed by atoms with Crippen LogP contribution in [0.15, 0.2) is 22.7 Å². The van der Waals surface area contributed by atoms with Gasteiger partial charge >= 0.3 is 6.18 Å². The third kappa shape index (κ3) is 3.15. The van der Waals surface area contributed by atoms with Crippen molar-refractivity contribution in [2.45, 2.75) is 36.3 Å². The minimum absolute atomic E-state index is 0.0329. The van der Waals surface area contributed by atoms with Crippen molar-refractivity contribution >= 4 is 21.6 Å². The quantitative estimate of drug-likeness (QED) is 0.757. The van der Waals surface area contributed by atoms with Gasteiger partial charge in [0, 0.05) is 25.5 Å². The minimum atomic E-state index is -4.47. The van der Waals surface area contributed by atoms with E-state index in [1.54, 1.807) is 24.6 Å². The molecule has 3 heterocycles. The first kappa shape index (κ1) is 20.4. The van der Waals surface area contributed by atoms with Gasteiger partial charge in [-0.2, -0.15) is 18.4 Å². The van der Waals surface area contributed by atoms with Gasteiger partial charge in [0.1, 0.15) is 17.2 Å². The molecule has 2 aliphatic rings. The summed E-state index contributed by atoms with van der Waals surface area (Å²) in [6, 6.07) is 3.83. The Morgan fingerprint density at radius 2 is 2.13 bits per heavy atom. The van der Waals surface area contributed by atoms with Crippen LogP contribution in [0.4, 0.5) is 19.0 Å². The van der Waals surface area contributed by atoms with Gasteiger partial charge in [-0.1, -0.05) is 6.92 Å². The fraction of sp³-hybridized carbons (Fsp3) is 0.421. The maximum Gasteiger partial charge on any atom is 0.414 e. The molecule has 0 bridgehead atoms. The van der Waals surface area contributed by atoms with E-state index in [2.05, 4.69) is 21.4 Å². The van der Waals surface area contributed by atoms with Gasteiger partial charge in [0.15, 0.2) is 5.82 Å². The summed E-state index contributed by atoms with van der Waals surface area (Å²) in [7, 11) is -1.61. The number of nitrogens with zero attached hydrogens (tertiary/aromatic N) is 4. The molecular weight excluding hydrogens is 417 g/mol. The molecule has 1 saturated carbocycles. The number of hydrogen-bond donors (Lipinski definition) is 2. The van der Waals surface area contributed by atoms with Crippen molar-refractivity contribution in [3.8, 4) is 17.6 Å². The van der Waals surface area contributed by atoms with Gasteiger partial charge in [-0.05, 0) is 30.5 Å². The van der Waals surface area contributed by atoms with Crippen molar-refractivity contribution in [1.29, 1.82) is 10.0 Å². The van der Waals surface area contributed by atoms with Gasteiger partial charge < -0.3 is 9.88 Å². The molecule has 0 saturated heterocycles. The summed E-state index contributed by atoms with van der Waals surface area (Å²) in [5.74, 6) is 0.632. The molecule has 11 heteroatoms. The van der Waals surface area contributed by atoms with Crippen molar-refractivity contribution in [1.82, 2.24) is 14.5 Å². The van der Waals surface area contributed by atoms with Gasteiger partial charge in [-0.3, -0.25) is 4.98 Å². The van der Waals surface area contributed by atoms with Crippen LogP contribution in [0.5, 0.6) is 0 Å². The second-order valence-electron chi connectivity index (χ2n) is 7.48. The highest BCUT2D eigenvalue weighted by atomic mass is 32.2. The first-order chi connectivity index (χ1) is 14.0. The molecule has 30 heavy (non-hydrogen) atoms. The van der Waals surface area contributed by atoms with E-state index >= 15 is 0 Å². The van der Waals surface area contributed by atoms with Crippen molar-refractivity contribution in [3.63, 3.8) is 0 Å². The first-order valence-corrected chi connectivity index (χ1v) is 11.0. The summed E-state index contributed by atoms with van der Waals surface area (Å²) in [5, 5.41) is 12.2. The minimum Gasteiger partial charge on any atom is -0.366 e. The lowest BCUT2D eigenvalue weighted by Crippen LogP contribution is -2.23. The van der Waals surface area contributed by atoms with Crippen LogP contribution in [0.1, 0.15) is 31.0 Å². The van der Waals surface area contributed by atoms with E-state index in [1.165, 1.54) is 6.20 Å². The van der Waals surface area contributed by atoms with E-state index in [-0.39, 0.29) is 34.4 Å². The van der Waals surface area contributed by atoms with Gasteiger partial charge in [-0.15, -0.1) is 0 Å². The van der Waals surface area contributed by atoms with Crippen molar-refractivity contribution in [2.75, 3.05) is 17.6 Å². The van der Waals surface area contributed by atoms with E-state index in [4.69, 9.17) is 4.78 Å². The zero-order chi connectivity index (χ0) is 21.9. The highest BCUT2D eigenvalue weighted by Crippen LogP contribution is 2.48. The largest absolute Gasteiger partial charge is 0.414 e. The standard InChI is InChI=1S/C19H19F3N6OS/c1-3-30(24,29)14-7-11(18(10-23)4-5-18)8-25-15(14)17-27-13-6-12(19(20,21)22)9-26-16(13)28(17)2/h6-8,24,26H,3-5,9H2,1-2H3. The smallest absolute Gasteiger partial charge is 0.366 e. The summed E-state index contributed by atoms with van der Waals surface area (Å²) in [6.07, 6.45) is -0.642. The van der Waals surface area contributed by atoms with E-state index in [0.717, 1.165) is 6.08 Å². The molecule has 2 aromatic heterocycles. The molecule has 4 rings (SSSR count). The highest BCUT2D eigenvalue weighted by Gasteiger charge is 2.46. The molecule has 0 amide bonds. The van der Waals surface area contributed by atoms with Crippen LogP contribution in [0, 0.1) is 16.1 Å². The Labute approximate surface area is 171 Å². The molecule has 7 nitrogen and oxygen atoms in total. The third-order valence-electron chi connectivity index (χ3n) is 5.59. The molecule has 2 aromatic rings. The Morgan fingerprint density at radius 3 is 2.70 bits per heavy atom.